The Morgan fingerprint density at radius 3 is 2.55 bits per heavy atom. The van der Waals surface area contributed by atoms with E-state index in [9.17, 15) is 0 Å². The fourth-order valence-corrected chi connectivity index (χ4v) is 2.57. The van der Waals surface area contributed by atoms with E-state index in [1.165, 1.54) is 6.42 Å². The highest BCUT2D eigenvalue weighted by Crippen LogP contribution is 2.50. The summed E-state index contributed by atoms with van der Waals surface area (Å²) in [7, 11) is 0. The van der Waals surface area contributed by atoms with Crippen molar-refractivity contribution >= 4 is 0 Å². The number of hydrogen-bond donors (Lipinski definition) is 0. The molecule has 0 aromatic heterocycles. The van der Waals surface area contributed by atoms with E-state index < -0.39 is 0 Å². The van der Waals surface area contributed by atoms with E-state index in [0.29, 0.717) is 5.92 Å². The van der Waals surface area contributed by atoms with Crippen LogP contribution in [0.15, 0.2) is 12.2 Å². The molecule has 0 amide bonds. The molecule has 3 rings (SSSR count). The molecular formula is C9H12O2. The zero-order chi connectivity index (χ0) is 7.31. The van der Waals surface area contributed by atoms with Gasteiger partial charge in [-0.1, -0.05) is 12.2 Å². The van der Waals surface area contributed by atoms with Crippen molar-refractivity contribution in [2.24, 2.45) is 11.8 Å². The van der Waals surface area contributed by atoms with Crippen LogP contribution in [0.5, 0.6) is 0 Å². The van der Waals surface area contributed by atoms with Crippen molar-refractivity contribution in [2.75, 3.05) is 13.2 Å². The van der Waals surface area contributed by atoms with Gasteiger partial charge in [0.25, 0.3) is 0 Å². The van der Waals surface area contributed by atoms with Gasteiger partial charge in [0, 0.05) is 12.3 Å². The number of fused-ring (bicyclic) bond motifs is 3. The summed E-state index contributed by atoms with van der Waals surface area (Å²) < 4.78 is 11.3. The SMILES string of the molecule is C1=C[C@@H]2C[C@H]1CC21OCCO1. The quantitative estimate of drug-likeness (QED) is 0.487. The molecule has 1 heterocycles. The van der Waals surface area contributed by atoms with E-state index in [0.717, 1.165) is 25.6 Å². The van der Waals surface area contributed by atoms with Crippen LogP contribution in [0.2, 0.25) is 0 Å². The second kappa shape index (κ2) is 1.87. The van der Waals surface area contributed by atoms with Crippen molar-refractivity contribution in [1.29, 1.82) is 0 Å². The van der Waals surface area contributed by atoms with Crippen molar-refractivity contribution in [3.8, 4) is 0 Å². The van der Waals surface area contributed by atoms with E-state index in [1.807, 2.05) is 0 Å². The van der Waals surface area contributed by atoms with Crippen LogP contribution in [0.1, 0.15) is 12.8 Å². The van der Waals surface area contributed by atoms with Crippen molar-refractivity contribution < 1.29 is 9.47 Å². The summed E-state index contributed by atoms with van der Waals surface area (Å²) in [6, 6.07) is 0. The van der Waals surface area contributed by atoms with Gasteiger partial charge >= 0.3 is 0 Å². The first-order valence-corrected chi connectivity index (χ1v) is 4.35. The Kier molecular flexibility index (Phi) is 1.06. The third-order valence-corrected chi connectivity index (χ3v) is 3.06. The summed E-state index contributed by atoms with van der Waals surface area (Å²) in [5.41, 5.74) is 0. The Hall–Kier alpha value is -0.340. The van der Waals surface area contributed by atoms with E-state index in [2.05, 4.69) is 12.2 Å². The summed E-state index contributed by atoms with van der Waals surface area (Å²) in [5, 5.41) is 0. The van der Waals surface area contributed by atoms with Crippen molar-refractivity contribution in [3.05, 3.63) is 12.2 Å². The van der Waals surface area contributed by atoms with Gasteiger partial charge in [0.15, 0.2) is 5.79 Å². The lowest BCUT2D eigenvalue weighted by Gasteiger charge is -2.28. The third-order valence-electron chi connectivity index (χ3n) is 3.06. The van der Waals surface area contributed by atoms with E-state index in [4.69, 9.17) is 9.47 Å². The molecule has 1 spiro atoms. The van der Waals surface area contributed by atoms with Crippen LogP contribution < -0.4 is 0 Å². The normalized spacial score (nSPS) is 44.4. The van der Waals surface area contributed by atoms with Crippen LogP contribution in [-0.2, 0) is 9.47 Å². The van der Waals surface area contributed by atoms with Crippen molar-refractivity contribution in [1.82, 2.24) is 0 Å². The molecule has 0 aromatic rings. The van der Waals surface area contributed by atoms with Gasteiger partial charge in [-0.15, -0.1) is 0 Å². The topological polar surface area (TPSA) is 18.5 Å². The number of rotatable bonds is 0. The predicted molar refractivity (Wildman–Crippen MR) is 40.0 cm³/mol. The minimum atomic E-state index is -0.181. The second-order valence-electron chi connectivity index (χ2n) is 3.70. The van der Waals surface area contributed by atoms with Gasteiger partial charge in [0.1, 0.15) is 0 Å². The standard InChI is InChI=1S/C9H12O2/c1-2-8-5-7(1)6-9(8)10-3-4-11-9/h1-2,7-8H,3-6H2/t7-,8+/m0/s1. The van der Waals surface area contributed by atoms with Gasteiger partial charge < -0.3 is 9.47 Å². The second-order valence-corrected chi connectivity index (χ2v) is 3.70. The van der Waals surface area contributed by atoms with Crippen molar-refractivity contribution in [2.45, 2.75) is 18.6 Å². The minimum absolute atomic E-state index is 0.181. The molecule has 2 heteroatoms. The molecule has 0 unspecified atom stereocenters. The molecule has 2 fully saturated rings. The molecule has 2 aliphatic carbocycles. The number of allylic oxidation sites excluding steroid dienone is 1. The molecule has 2 nitrogen and oxygen atoms in total. The average molecular weight is 152 g/mol. The maximum atomic E-state index is 5.66. The molecular weight excluding hydrogens is 140 g/mol. The Morgan fingerprint density at radius 2 is 2.00 bits per heavy atom. The molecule has 1 saturated heterocycles. The predicted octanol–water partition coefficient (Wildman–Crippen LogP) is 1.33. The Bertz CT molecular complexity index is 204. The van der Waals surface area contributed by atoms with Gasteiger partial charge in [-0.2, -0.15) is 0 Å². The van der Waals surface area contributed by atoms with Gasteiger partial charge in [-0.25, -0.2) is 0 Å². The lowest BCUT2D eigenvalue weighted by Crippen LogP contribution is -2.34. The van der Waals surface area contributed by atoms with E-state index >= 15 is 0 Å². The van der Waals surface area contributed by atoms with Crippen LogP contribution >= 0.6 is 0 Å². The summed E-state index contributed by atoms with van der Waals surface area (Å²) in [6.07, 6.45) is 6.91. The molecule has 0 aromatic carbocycles. The number of ether oxygens (including phenoxy) is 2. The Morgan fingerprint density at radius 1 is 1.18 bits per heavy atom. The van der Waals surface area contributed by atoms with Crippen molar-refractivity contribution in [3.63, 3.8) is 0 Å². The maximum absolute atomic E-state index is 5.66. The van der Waals surface area contributed by atoms with E-state index in [-0.39, 0.29) is 5.79 Å². The Balaban J connectivity index is 1.94. The fraction of sp³-hybridized carbons (Fsp3) is 0.778. The summed E-state index contributed by atoms with van der Waals surface area (Å²) in [4.78, 5) is 0. The zero-order valence-electron chi connectivity index (χ0n) is 6.45. The first kappa shape index (κ1) is 6.21. The zero-order valence-corrected chi connectivity index (χ0v) is 6.45. The first-order valence-electron chi connectivity index (χ1n) is 4.35. The Labute approximate surface area is 66.2 Å². The van der Waals surface area contributed by atoms with Gasteiger partial charge in [0.2, 0.25) is 0 Å². The molecule has 11 heavy (non-hydrogen) atoms. The highest BCUT2D eigenvalue weighted by Gasteiger charge is 2.52. The van der Waals surface area contributed by atoms with Crippen LogP contribution in [0.4, 0.5) is 0 Å². The minimum Gasteiger partial charge on any atom is -0.347 e. The van der Waals surface area contributed by atoms with Crippen LogP contribution in [0.3, 0.4) is 0 Å². The van der Waals surface area contributed by atoms with Gasteiger partial charge in [-0.3, -0.25) is 0 Å². The average Bonchev–Trinajstić information content (AvgIpc) is 2.64. The lowest BCUT2D eigenvalue weighted by molar-refractivity contribution is -0.173. The molecule has 2 atom stereocenters. The van der Waals surface area contributed by atoms with Gasteiger partial charge in [-0.05, 0) is 12.3 Å². The first-order chi connectivity index (χ1) is 5.39. The monoisotopic (exact) mass is 152 g/mol. The molecule has 1 aliphatic heterocycles. The molecule has 1 saturated carbocycles. The number of hydrogen-bond acceptors (Lipinski definition) is 2. The van der Waals surface area contributed by atoms with Gasteiger partial charge in [0.05, 0.1) is 13.2 Å². The van der Waals surface area contributed by atoms with Crippen LogP contribution in [0.25, 0.3) is 0 Å². The van der Waals surface area contributed by atoms with E-state index in [1.54, 1.807) is 0 Å². The highest BCUT2D eigenvalue weighted by molar-refractivity contribution is 5.15. The summed E-state index contributed by atoms with van der Waals surface area (Å²) >= 11 is 0. The summed E-state index contributed by atoms with van der Waals surface area (Å²) in [6.45, 7) is 1.58. The van der Waals surface area contributed by atoms with Crippen LogP contribution in [0, 0.1) is 11.8 Å². The van der Waals surface area contributed by atoms with Crippen LogP contribution in [-0.4, -0.2) is 19.0 Å². The molecule has 60 valence electrons. The summed E-state index contributed by atoms with van der Waals surface area (Å²) in [5.74, 6) is 1.10. The molecule has 3 aliphatic rings. The fourth-order valence-electron chi connectivity index (χ4n) is 2.57. The molecule has 0 N–H and O–H groups in total. The largest absolute Gasteiger partial charge is 0.347 e. The lowest BCUT2D eigenvalue weighted by atomic mass is 10.0. The smallest absolute Gasteiger partial charge is 0.175 e. The third kappa shape index (κ3) is 0.690. The molecule has 0 radical (unpaired) electrons. The maximum Gasteiger partial charge on any atom is 0.175 e. The molecule has 2 bridgehead atoms. The highest BCUT2D eigenvalue weighted by atomic mass is 16.7.